The maximum Gasteiger partial charge on any atom is 0.234 e. The predicted molar refractivity (Wildman–Crippen MR) is 96.0 cm³/mol. The summed E-state index contributed by atoms with van der Waals surface area (Å²) in [6.07, 6.45) is 1.04. The lowest BCUT2D eigenvalue weighted by atomic mass is 9.97. The average molecular weight is 334 g/mol. The van der Waals surface area contributed by atoms with E-state index >= 15 is 0 Å². The van der Waals surface area contributed by atoms with Crippen LogP contribution in [-0.2, 0) is 4.79 Å². The fourth-order valence-corrected chi connectivity index (χ4v) is 3.19. The van der Waals surface area contributed by atoms with Crippen LogP contribution in [0.3, 0.4) is 0 Å². The van der Waals surface area contributed by atoms with E-state index in [2.05, 4.69) is 25.2 Å². The van der Waals surface area contributed by atoms with Crippen LogP contribution >= 0.6 is 23.4 Å². The zero-order chi connectivity index (χ0) is 15.9. The molecule has 0 aliphatic carbocycles. The second-order valence-corrected chi connectivity index (χ2v) is 6.59. The molecule has 0 unspecified atom stereocenters. The van der Waals surface area contributed by atoms with E-state index in [0.717, 1.165) is 17.0 Å². The Morgan fingerprint density at radius 1 is 1.18 bits per heavy atom. The van der Waals surface area contributed by atoms with Crippen molar-refractivity contribution in [3.05, 3.63) is 59.1 Å². The number of carbonyl (C=O) groups is 1. The minimum absolute atomic E-state index is 0.0133. The smallest absolute Gasteiger partial charge is 0.234 e. The minimum atomic E-state index is -0.0133. The van der Waals surface area contributed by atoms with Crippen molar-refractivity contribution < 1.29 is 4.79 Å². The maximum absolute atomic E-state index is 12.2. The fraction of sp³-hybridized carbons (Fsp3) is 0.278. The van der Waals surface area contributed by atoms with Crippen LogP contribution in [0.15, 0.2) is 53.4 Å². The van der Waals surface area contributed by atoms with Gasteiger partial charge in [0.05, 0.1) is 10.8 Å². The van der Waals surface area contributed by atoms with Crippen LogP contribution in [0.2, 0.25) is 5.02 Å². The minimum Gasteiger partial charge on any atom is -0.325 e. The molecule has 4 heteroatoms. The Bertz CT molecular complexity index is 644. The molecular formula is C18H20ClNOS. The van der Waals surface area contributed by atoms with E-state index in [4.69, 9.17) is 11.6 Å². The lowest BCUT2D eigenvalue weighted by molar-refractivity contribution is -0.113. The van der Waals surface area contributed by atoms with Crippen LogP contribution in [-0.4, -0.2) is 11.7 Å². The number of halogens is 1. The number of benzene rings is 2. The molecule has 22 heavy (non-hydrogen) atoms. The van der Waals surface area contributed by atoms with E-state index in [1.165, 1.54) is 17.3 Å². The Balaban J connectivity index is 1.99. The quantitative estimate of drug-likeness (QED) is 0.699. The van der Waals surface area contributed by atoms with Crippen LogP contribution in [0, 0.1) is 0 Å². The van der Waals surface area contributed by atoms with Gasteiger partial charge in [-0.2, -0.15) is 0 Å². The van der Waals surface area contributed by atoms with Gasteiger partial charge in [0.1, 0.15) is 0 Å². The van der Waals surface area contributed by atoms with Gasteiger partial charge in [-0.05, 0) is 36.1 Å². The van der Waals surface area contributed by atoms with Crippen molar-refractivity contribution >= 4 is 35.0 Å². The molecule has 1 atom stereocenters. The standard InChI is InChI=1S/C18H20ClNOS/c1-3-13(2)14-8-4-6-10-16(14)20-18(21)12-22-17-11-7-5-9-15(17)19/h4-11,13H,3,12H2,1-2H3,(H,20,21)/t13-/m1/s1. The molecule has 0 radical (unpaired) electrons. The number of para-hydroxylation sites is 1. The molecule has 2 nitrogen and oxygen atoms in total. The lowest BCUT2D eigenvalue weighted by Gasteiger charge is -2.15. The summed E-state index contributed by atoms with van der Waals surface area (Å²) in [6, 6.07) is 15.6. The van der Waals surface area contributed by atoms with Gasteiger partial charge < -0.3 is 5.32 Å². The predicted octanol–water partition coefficient (Wildman–Crippen LogP) is 5.58. The zero-order valence-corrected chi connectivity index (χ0v) is 14.4. The lowest BCUT2D eigenvalue weighted by Crippen LogP contribution is -2.15. The average Bonchev–Trinajstić information content (AvgIpc) is 2.54. The molecule has 0 fully saturated rings. The van der Waals surface area contributed by atoms with E-state index in [0.29, 0.717) is 16.7 Å². The van der Waals surface area contributed by atoms with Gasteiger partial charge in [0.25, 0.3) is 0 Å². The van der Waals surface area contributed by atoms with Gasteiger partial charge in [-0.25, -0.2) is 0 Å². The van der Waals surface area contributed by atoms with Crippen molar-refractivity contribution in [2.24, 2.45) is 0 Å². The summed E-state index contributed by atoms with van der Waals surface area (Å²) in [6.45, 7) is 4.32. The molecule has 116 valence electrons. The maximum atomic E-state index is 12.2. The molecule has 1 amide bonds. The van der Waals surface area contributed by atoms with Crippen LogP contribution in [0.25, 0.3) is 0 Å². The molecule has 0 aromatic heterocycles. The number of hydrogen-bond acceptors (Lipinski definition) is 2. The Hall–Kier alpha value is -1.45. The van der Waals surface area contributed by atoms with Crippen molar-refractivity contribution in [2.45, 2.75) is 31.1 Å². The summed E-state index contributed by atoms with van der Waals surface area (Å²) < 4.78 is 0. The van der Waals surface area contributed by atoms with E-state index in [9.17, 15) is 4.79 Å². The first-order valence-corrected chi connectivity index (χ1v) is 8.74. The van der Waals surface area contributed by atoms with E-state index in [1.54, 1.807) is 0 Å². The summed E-state index contributed by atoms with van der Waals surface area (Å²) in [5.74, 6) is 0.756. The van der Waals surface area contributed by atoms with Crippen LogP contribution < -0.4 is 5.32 Å². The first-order chi connectivity index (χ1) is 10.6. The Labute approximate surface area is 141 Å². The molecule has 0 aliphatic rings. The van der Waals surface area contributed by atoms with Gasteiger partial charge in [0.2, 0.25) is 5.91 Å². The van der Waals surface area contributed by atoms with Crippen molar-refractivity contribution in [1.82, 2.24) is 0 Å². The molecule has 2 aromatic rings. The highest BCUT2D eigenvalue weighted by Crippen LogP contribution is 2.28. The number of thioether (sulfide) groups is 1. The second kappa shape index (κ2) is 8.25. The van der Waals surface area contributed by atoms with Gasteiger partial charge in [0.15, 0.2) is 0 Å². The Kier molecular flexibility index (Phi) is 6.34. The highest BCUT2D eigenvalue weighted by atomic mass is 35.5. The van der Waals surface area contributed by atoms with Crippen molar-refractivity contribution in [2.75, 3.05) is 11.1 Å². The van der Waals surface area contributed by atoms with Crippen LogP contribution in [0.1, 0.15) is 31.7 Å². The molecule has 0 heterocycles. The number of amides is 1. The SMILES string of the molecule is CC[C@@H](C)c1ccccc1NC(=O)CSc1ccccc1Cl. The molecule has 1 N–H and O–H groups in total. The Morgan fingerprint density at radius 3 is 2.59 bits per heavy atom. The monoisotopic (exact) mass is 333 g/mol. The normalized spacial score (nSPS) is 12.0. The molecule has 0 aliphatic heterocycles. The van der Waals surface area contributed by atoms with Gasteiger partial charge in [-0.1, -0.05) is 55.8 Å². The fourth-order valence-electron chi connectivity index (χ4n) is 2.15. The molecule has 0 bridgehead atoms. The molecule has 0 saturated heterocycles. The number of carbonyl (C=O) groups excluding carboxylic acids is 1. The third-order valence-corrected chi connectivity index (χ3v) is 5.09. The largest absolute Gasteiger partial charge is 0.325 e. The summed E-state index contributed by atoms with van der Waals surface area (Å²) in [5.41, 5.74) is 2.09. The summed E-state index contributed by atoms with van der Waals surface area (Å²) in [5, 5.41) is 3.69. The van der Waals surface area contributed by atoms with Crippen molar-refractivity contribution in [3.63, 3.8) is 0 Å². The molecular weight excluding hydrogens is 314 g/mol. The van der Waals surface area contributed by atoms with Gasteiger partial charge in [-0.15, -0.1) is 11.8 Å². The van der Waals surface area contributed by atoms with E-state index in [-0.39, 0.29) is 5.91 Å². The summed E-state index contributed by atoms with van der Waals surface area (Å²) in [4.78, 5) is 13.1. The highest BCUT2D eigenvalue weighted by molar-refractivity contribution is 8.00. The highest BCUT2D eigenvalue weighted by Gasteiger charge is 2.11. The Morgan fingerprint density at radius 2 is 1.86 bits per heavy atom. The second-order valence-electron chi connectivity index (χ2n) is 5.16. The van der Waals surface area contributed by atoms with Crippen molar-refractivity contribution in [3.8, 4) is 0 Å². The number of hydrogen-bond donors (Lipinski definition) is 1. The van der Waals surface area contributed by atoms with Gasteiger partial charge >= 0.3 is 0 Å². The van der Waals surface area contributed by atoms with E-state index in [1.807, 2.05) is 42.5 Å². The number of rotatable bonds is 6. The molecule has 0 spiro atoms. The van der Waals surface area contributed by atoms with Crippen LogP contribution in [0.5, 0.6) is 0 Å². The first kappa shape index (κ1) is 16.9. The molecule has 2 rings (SSSR count). The van der Waals surface area contributed by atoms with Crippen molar-refractivity contribution in [1.29, 1.82) is 0 Å². The third-order valence-electron chi connectivity index (χ3n) is 3.57. The number of nitrogens with one attached hydrogen (secondary N) is 1. The summed E-state index contributed by atoms with van der Waals surface area (Å²) in [7, 11) is 0. The van der Waals surface area contributed by atoms with Crippen LogP contribution in [0.4, 0.5) is 5.69 Å². The zero-order valence-electron chi connectivity index (χ0n) is 12.8. The first-order valence-electron chi connectivity index (χ1n) is 7.38. The van der Waals surface area contributed by atoms with Gasteiger partial charge in [0, 0.05) is 10.6 Å². The van der Waals surface area contributed by atoms with E-state index < -0.39 is 0 Å². The third kappa shape index (κ3) is 4.52. The summed E-state index contributed by atoms with van der Waals surface area (Å²) >= 11 is 7.55. The topological polar surface area (TPSA) is 29.1 Å². The molecule has 0 saturated carbocycles. The molecule has 2 aromatic carbocycles. The number of anilines is 1. The van der Waals surface area contributed by atoms with Gasteiger partial charge in [-0.3, -0.25) is 4.79 Å².